The predicted octanol–water partition coefficient (Wildman–Crippen LogP) is 4.11. The van der Waals surface area contributed by atoms with Crippen LogP contribution in [0, 0.1) is 11.8 Å². The summed E-state index contributed by atoms with van der Waals surface area (Å²) in [5.41, 5.74) is 6.73. The van der Waals surface area contributed by atoms with E-state index in [1.165, 1.54) is 22.3 Å². The maximum atomic E-state index is 12.1. The Bertz CT molecular complexity index is 1050. The van der Waals surface area contributed by atoms with Crippen molar-refractivity contribution in [2.45, 2.75) is 12.3 Å². The van der Waals surface area contributed by atoms with Gasteiger partial charge in [0.25, 0.3) is 0 Å². The highest BCUT2D eigenvalue weighted by Gasteiger charge is 2.28. The summed E-state index contributed by atoms with van der Waals surface area (Å²) in [5, 5.41) is 11.6. The van der Waals surface area contributed by atoms with Gasteiger partial charge in [0.2, 0.25) is 0 Å². The van der Waals surface area contributed by atoms with E-state index in [4.69, 9.17) is 9.84 Å². The quantitative estimate of drug-likeness (QED) is 0.637. The smallest absolute Gasteiger partial charge is 0.407 e. The topological polar surface area (TPSA) is 58.6 Å². The average Bonchev–Trinajstić information content (AvgIpc) is 3.10. The molecule has 30 heavy (non-hydrogen) atoms. The Labute approximate surface area is 176 Å². The zero-order chi connectivity index (χ0) is 20.8. The van der Waals surface area contributed by atoms with Gasteiger partial charge in [0.1, 0.15) is 6.61 Å². The van der Waals surface area contributed by atoms with E-state index >= 15 is 0 Å². The maximum absolute atomic E-state index is 12.1. The molecule has 0 spiro atoms. The number of benzene rings is 3. The lowest BCUT2D eigenvalue weighted by atomic mass is 9.98. The molecule has 4 nitrogen and oxygen atoms in total. The number of hydrogen-bond donors (Lipinski definition) is 2. The SMILES string of the molecule is O=C(NCC#Cc1ccc(CCO)cc1)OCC1c2ccccc2-c2ccccc21. The second-order valence-corrected chi connectivity index (χ2v) is 7.15. The summed E-state index contributed by atoms with van der Waals surface area (Å²) in [7, 11) is 0. The van der Waals surface area contributed by atoms with E-state index in [1.807, 2.05) is 48.5 Å². The highest BCUT2D eigenvalue weighted by atomic mass is 16.5. The normalized spacial score (nSPS) is 11.8. The molecule has 0 radical (unpaired) electrons. The molecule has 4 heteroatoms. The van der Waals surface area contributed by atoms with E-state index in [-0.39, 0.29) is 19.1 Å². The minimum Gasteiger partial charge on any atom is -0.449 e. The first-order chi connectivity index (χ1) is 14.8. The minimum atomic E-state index is -0.468. The molecule has 0 heterocycles. The van der Waals surface area contributed by atoms with E-state index in [9.17, 15) is 4.79 Å². The number of carbonyl (C=O) groups is 1. The number of aliphatic hydroxyl groups excluding tert-OH is 1. The molecule has 0 bridgehead atoms. The van der Waals surface area contributed by atoms with E-state index in [0.717, 1.165) is 11.1 Å². The standard InChI is InChI=1S/C26H23NO3/c28-17-15-20-13-11-19(12-14-20)6-5-16-27-26(29)30-18-25-23-9-3-1-7-21(23)22-8-2-4-10-24(22)25/h1-4,7-14,25,28H,15-18H2,(H,27,29). The predicted molar refractivity (Wildman–Crippen MR) is 117 cm³/mol. The van der Waals surface area contributed by atoms with Gasteiger partial charge in [-0.3, -0.25) is 0 Å². The molecule has 1 aliphatic carbocycles. The van der Waals surface area contributed by atoms with Gasteiger partial charge in [-0.05, 0) is 46.4 Å². The first kappa shape index (κ1) is 19.8. The second-order valence-electron chi connectivity index (χ2n) is 7.15. The van der Waals surface area contributed by atoms with Crippen molar-refractivity contribution >= 4 is 6.09 Å². The molecule has 2 N–H and O–H groups in total. The van der Waals surface area contributed by atoms with Crippen LogP contribution in [0.5, 0.6) is 0 Å². The highest BCUT2D eigenvalue weighted by molar-refractivity contribution is 5.79. The van der Waals surface area contributed by atoms with Gasteiger partial charge in [-0.2, -0.15) is 0 Å². The van der Waals surface area contributed by atoms with Gasteiger partial charge in [0.15, 0.2) is 0 Å². The number of fused-ring (bicyclic) bond motifs is 3. The number of rotatable bonds is 5. The van der Waals surface area contributed by atoms with Crippen molar-refractivity contribution in [3.63, 3.8) is 0 Å². The molecule has 0 fully saturated rings. The number of hydrogen-bond acceptors (Lipinski definition) is 3. The van der Waals surface area contributed by atoms with Crippen LogP contribution in [-0.2, 0) is 11.2 Å². The maximum Gasteiger partial charge on any atom is 0.407 e. The van der Waals surface area contributed by atoms with Crippen LogP contribution in [0.1, 0.15) is 28.2 Å². The summed E-state index contributed by atoms with van der Waals surface area (Å²) in [5.74, 6) is 5.99. The van der Waals surface area contributed by atoms with E-state index in [2.05, 4.69) is 41.4 Å². The third kappa shape index (κ3) is 4.37. The number of amides is 1. The third-order valence-corrected chi connectivity index (χ3v) is 5.25. The van der Waals surface area contributed by atoms with Crippen molar-refractivity contribution < 1.29 is 14.6 Å². The summed E-state index contributed by atoms with van der Waals surface area (Å²) in [6.45, 7) is 0.643. The van der Waals surface area contributed by atoms with Gasteiger partial charge in [-0.25, -0.2) is 4.79 Å². The molecule has 0 atom stereocenters. The highest BCUT2D eigenvalue weighted by Crippen LogP contribution is 2.44. The van der Waals surface area contributed by atoms with Crippen molar-refractivity contribution in [3.05, 3.63) is 95.1 Å². The fraction of sp³-hybridized carbons (Fsp3) is 0.192. The molecule has 0 unspecified atom stereocenters. The van der Waals surface area contributed by atoms with Crippen molar-refractivity contribution in [1.29, 1.82) is 0 Å². The zero-order valence-corrected chi connectivity index (χ0v) is 16.6. The number of ether oxygens (including phenoxy) is 1. The summed E-state index contributed by atoms with van der Waals surface area (Å²) >= 11 is 0. The van der Waals surface area contributed by atoms with E-state index in [1.54, 1.807) is 0 Å². The lowest BCUT2D eigenvalue weighted by Gasteiger charge is -2.14. The Balaban J connectivity index is 1.31. The van der Waals surface area contributed by atoms with Crippen LogP contribution in [-0.4, -0.2) is 31.0 Å². The van der Waals surface area contributed by atoms with Crippen LogP contribution in [0.15, 0.2) is 72.8 Å². The van der Waals surface area contributed by atoms with E-state index < -0.39 is 6.09 Å². The Hall–Kier alpha value is -3.55. The molecular formula is C26H23NO3. The average molecular weight is 397 g/mol. The van der Waals surface area contributed by atoms with Crippen molar-refractivity contribution in [2.24, 2.45) is 0 Å². The summed E-state index contributed by atoms with van der Waals surface area (Å²) < 4.78 is 5.49. The molecule has 150 valence electrons. The monoisotopic (exact) mass is 397 g/mol. The van der Waals surface area contributed by atoms with Crippen LogP contribution in [0.25, 0.3) is 11.1 Å². The lowest BCUT2D eigenvalue weighted by molar-refractivity contribution is 0.144. The molecule has 0 aliphatic heterocycles. The first-order valence-corrected chi connectivity index (χ1v) is 10.0. The molecule has 1 amide bonds. The number of aliphatic hydroxyl groups is 1. The number of alkyl carbamates (subject to hydrolysis) is 1. The van der Waals surface area contributed by atoms with Crippen LogP contribution in [0.3, 0.4) is 0 Å². The Morgan fingerprint density at radius 1 is 0.933 bits per heavy atom. The lowest BCUT2D eigenvalue weighted by Crippen LogP contribution is -2.26. The third-order valence-electron chi connectivity index (χ3n) is 5.25. The molecule has 3 aromatic carbocycles. The van der Waals surface area contributed by atoms with Gasteiger partial charge >= 0.3 is 6.09 Å². The molecule has 0 saturated heterocycles. The summed E-state index contributed by atoms with van der Waals surface area (Å²) in [6.07, 6.45) is 0.168. The van der Waals surface area contributed by atoms with Crippen molar-refractivity contribution in [3.8, 4) is 23.0 Å². The van der Waals surface area contributed by atoms with Gasteiger partial charge in [0.05, 0.1) is 6.54 Å². The van der Waals surface area contributed by atoms with Crippen molar-refractivity contribution in [2.75, 3.05) is 19.8 Å². The molecular weight excluding hydrogens is 374 g/mol. The Kier molecular flexibility index (Phi) is 6.12. The zero-order valence-electron chi connectivity index (χ0n) is 16.6. The van der Waals surface area contributed by atoms with Crippen molar-refractivity contribution in [1.82, 2.24) is 5.32 Å². The fourth-order valence-corrected chi connectivity index (χ4v) is 3.80. The van der Waals surface area contributed by atoms with Crippen LogP contribution < -0.4 is 5.32 Å². The van der Waals surface area contributed by atoms with Gasteiger partial charge in [-0.15, -0.1) is 0 Å². The van der Waals surface area contributed by atoms with E-state index in [0.29, 0.717) is 13.0 Å². The molecule has 0 saturated carbocycles. The molecule has 4 rings (SSSR count). The molecule has 1 aliphatic rings. The van der Waals surface area contributed by atoms with Gasteiger partial charge in [-0.1, -0.05) is 72.5 Å². The first-order valence-electron chi connectivity index (χ1n) is 10.0. The van der Waals surface area contributed by atoms with Crippen LogP contribution in [0.2, 0.25) is 0 Å². The van der Waals surface area contributed by atoms with Crippen LogP contribution >= 0.6 is 0 Å². The number of carbonyl (C=O) groups excluding carboxylic acids is 1. The summed E-state index contributed by atoms with van der Waals surface area (Å²) in [6, 6.07) is 24.2. The van der Waals surface area contributed by atoms with Crippen LogP contribution in [0.4, 0.5) is 4.79 Å². The minimum absolute atomic E-state index is 0.0478. The Morgan fingerprint density at radius 3 is 2.20 bits per heavy atom. The fourth-order valence-electron chi connectivity index (χ4n) is 3.80. The molecule has 0 aromatic heterocycles. The molecule has 3 aromatic rings. The Morgan fingerprint density at radius 2 is 1.57 bits per heavy atom. The van der Waals surface area contributed by atoms with Gasteiger partial charge in [0, 0.05) is 18.1 Å². The number of nitrogens with one attached hydrogen (secondary N) is 1. The largest absolute Gasteiger partial charge is 0.449 e. The van der Waals surface area contributed by atoms with Gasteiger partial charge < -0.3 is 15.2 Å². The summed E-state index contributed by atoms with van der Waals surface area (Å²) in [4.78, 5) is 12.1. The second kappa shape index (κ2) is 9.30.